The van der Waals surface area contributed by atoms with Crippen molar-refractivity contribution in [3.63, 3.8) is 0 Å². The molecule has 0 bridgehead atoms. The van der Waals surface area contributed by atoms with E-state index < -0.39 is 0 Å². The van der Waals surface area contributed by atoms with Crippen molar-refractivity contribution in [1.82, 2.24) is 0 Å². The minimum atomic E-state index is -0.172. The van der Waals surface area contributed by atoms with Crippen molar-refractivity contribution in [3.05, 3.63) is 21.1 Å². The Bertz CT molecular complexity index is 397. The van der Waals surface area contributed by atoms with Gasteiger partial charge in [-0.3, -0.25) is 0 Å². The first kappa shape index (κ1) is 14.6. The summed E-state index contributed by atoms with van der Waals surface area (Å²) in [6.45, 7) is 6.81. The van der Waals surface area contributed by atoms with Gasteiger partial charge in [-0.05, 0) is 48.3 Å². The van der Waals surface area contributed by atoms with Crippen LogP contribution in [0.4, 0.5) is 0 Å². The molecule has 0 aromatic heterocycles. The first-order valence-electron chi connectivity index (χ1n) is 5.55. The summed E-state index contributed by atoms with van der Waals surface area (Å²) in [6.07, 6.45) is 0. The maximum Gasteiger partial charge on any atom is 0.156 e. The number of halogens is 2. The van der Waals surface area contributed by atoms with Gasteiger partial charge in [0.2, 0.25) is 0 Å². The Morgan fingerprint density at radius 3 is 2.41 bits per heavy atom. The van der Waals surface area contributed by atoms with Gasteiger partial charge in [-0.15, -0.1) is 0 Å². The van der Waals surface area contributed by atoms with Crippen molar-refractivity contribution >= 4 is 27.5 Å². The number of hydrogen-bond donors (Lipinski definition) is 1. The van der Waals surface area contributed by atoms with Crippen LogP contribution in [0, 0.1) is 0 Å². The lowest BCUT2D eigenvalue weighted by Crippen LogP contribution is -2.08. The zero-order chi connectivity index (χ0) is 13.0. The first-order valence-corrected chi connectivity index (χ1v) is 6.73. The molecule has 2 N–H and O–H groups in total. The molecule has 1 aromatic carbocycles. The average molecular weight is 323 g/mol. The largest absolute Gasteiger partial charge is 0.493 e. The van der Waals surface area contributed by atoms with Crippen LogP contribution in [-0.2, 0) is 0 Å². The van der Waals surface area contributed by atoms with Crippen LogP contribution in [0.3, 0.4) is 0 Å². The second kappa shape index (κ2) is 6.47. The fourth-order valence-electron chi connectivity index (χ4n) is 1.47. The van der Waals surface area contributed by atoms with Gasteiger partial charge in [-0.25, -0.2) is 0 Å². The average Bonchev–Trinajstić information content (AvgIpc) is 2.27. The zero-order valence-electron chi connectivity index (χ0n) is 10.2. The minimum absolute atomic E-state index is 0.172. The van der Waals surface area contributed by atoms with Crippen LogP contribution >= 0.6 is 27.5 Å². The van der Waals surface area contributed by atoms with E-state index in [4.69, 9.17) is 26.8 Å². The monoisotopic (exact) mass is 321 g/mol. The van der Waals surface area contributed by atoms with Crippen LogP contribution in [-0.4, -0.2) is 13.2 Å². The molecule has 0 aliphatic rings. The molecule has 0 aliphatic heterocycles. The van der Waals surface area contributed by atoms with Gasteiger partial charge in [0.05, 0.1) is 18.2 Å². The molecule has 1 rings (SSSR count). The normalized spacial score (nSPS) is 12.4. The number of nitrogens with two attached hydrogens (primary N) is 1. The highest BCUT2D eigenvalue weighted by molar-refractivity contribution is 9.10. The van der Waals surface area contributed by atoms with Gasteiger partial charge in [0.15, 0.2) is 5.75 Å². The van der Waals surface area contributed by atoms with Gasteiger partial charge < -0.3 is 15.2 Å². The number of ether oxygens (including phenoxy) is 2. The van der Waals surface area contributed by atoms with Gasteiger partial charge in [0, 0.05) is 6.04 Å². The standard InChI is InChI=1S/C12H17BrClNO2/c1-4-16-9-6-8(7(3)15)11(14)12(10(9)13)17-5-2/h6-7H,4-5,15H2,1-3H3. The second-order valence-corrected chi connectivity index (χ2v) is 4.75. The summed E-state index contributed by atoms with van der Waals surface area (Å²) < 4.78 is 11.8. The predicted molar refractivity (Wildman–Crippen MR) is 74.1 cm³/mol. The highest BCUT2D eigenvalue weighted by atomic mass is 79.9. The summed E-state index contributed by atoms with van der Waals surface area (Å²) >= 11 is 9.71. The van der Waals surface area contributed by atoms with Gasteiger partial charge in [-0.1, -0.05) is 11.6 Å². The lowest BCUT2D eigenvalue weighted by molar-refractivity contribution is 0.318. The Hall–Kier alpha value is -0.450. The summed E-state index contributed by atoms with van der Waals surface area (Å²) in [5.41, 5.74) is 6.70. The summed E-state index contributed by atoms with van der Waals surface area (Å²) in [5, 5.41) is 0.539. The number of hydrogen-bond acceptors (Lipinski definition) is 3. The lowest BCUT2D eigenvalue weighted by Gasteiger charge is -2.17. The first-order chi connectivity index (χ1) is 8.02. The molecule has 0 saturated carbocycles. The maximum atomic E-state index is 6.27. The van der Waals surface area contributed by atoms with Gasteiger partial charge in [0.25, 0.3) is 0 Å². The fourth-order valence-corrected chi connectivity index (χ4v) is 2.50. The van der Waals surface area contributed by atoms with Crippen molar-refractivity contribution in [2.75, 3.05) is 13.2 Å². The van der Waals surface area contributed by atoms with Crippen molar-refractivity contribution in [3.8, 4) is 11.5 Å². The number of benzene rings is 1. The van der Waals surface area contributed by atoms with Gasteiger partial charge >= 0.3 is 0 Å². The van der Waals surface area contributed by atoms with E-state index in [1.165, 1.54) is 0 Å². The SMILES string of the molecule is CCOc1cc(C(C)N)c(Cl)c(OCC)c1Br. The fraction of sp³-hybridized carbons (Fsp3) is 0.500. The van der Waals surface area contributed by atoms with Crippen LogP contribution in [0.5, 0.6) is 11.5 Å². The van der Waals surface area contributed by atoms with Crippen LogP contribution in [0.2, 0.25) is 5.02 Å². The molecular formula is C12H17BrClNO2. The van der Waals surface area contributed by atoms with Crippen LogP contribution in [0.1, 0.15) is 32.4 Å². The van der Waals surface area contributed by atoms with Crippen molar-refractivity contribution in [2.45, 2.75) is 26.8 Å². The third kappa shape index (κ3) is 3.27. The van der Waals surface area contributed by atoms with Crippen molar-refractivity contribution < 1.29 is 9.47 Å². The van der Waals surface area contributed by atoms with E-state index in [0.717, 1.165) is 10.0 Å². The molecule has 3 nitrogen and oxygen atoms in total. The van der Waals surface area contributed by atoms with Crippen LogP contribution in [0.15, 0.2) is 10.5 Å². The molecule has 17 heavy (non-hydrogen) atoms. The highest BCUT2D eigenvalue weighted by Gasteiger charge is 2.19. The summed E-state index contributed by atoms with van der Waals surface area (Å²) in [7, 11) is 0. The topological polar surface area (TPSA) is 44.5 Å². The highest BCUT2D eigenvalue weighted by Crippen LogP contribution is 2.44. The summed E-state index contributed by atoms with van der Waals surface area (Å²) in [6, 6.07) is 1.68. The molecule has 0 amide bonds. The van der Waals surface area contributed by atoms with Gasteiger partial charge in [-0.2, -0.15) is 0 Å². The Labute approximate surface area is 115 Å². The summed E-state index contributed by atoms with van der Waals surface area (Å²) in [4.78, 5) is 0. The molecule has 0 spiro atoms. The lowest BCUT2D eigenvalue weighted by atomic mass is 10.1. The van der Waals surface area contributed by atoms with Crippen molar-refractivity contribution in [2.24, 2.45) is 5.73 Å². The Morgan fingerprint density at radius 2 is 1.94 bits per heavy atom. The third-order valence-corrected chi connectivity index (χ3v) is 3.37. The molecule has 1 atom stereocenters. The van der Waals surface area contributed by atoms with Crippen molar-refractivity contribution in [1.29, 1.82) is 0 Å². The van der Waals surface area contributed by atoms with Gasteiger partial charge in [0.1, 0.15) is 10.2 Å². The molecule has 0 aliphatic carbocycles. The number of rotatable bonds is 5. The Kier molecular flexibility index (Phi) is 5.56. The molecule has 1 unspecified atom stereocenters. The molecule has 0 fully saturated rings. The Balaban J connectivity index is 3.34. The predicted octanol–water partition coefficient (Wildman–Crippen LogP) is 3.92. The Morgan fingerprint density at radius 1 is 1.35 bits per heavy atom. The van der Waals surface area contributed by atoms with E-state index in [9.17, 15) is 0 Å². The van der Waals surface area contributed by atoms with E-state index in [1.807, 2.05) is 26.8 Å². The maximum absolute atomic E-state index is 6.27. The summed E-state index contributed by atoms with van der Waals surface area (Å²) in [5.74, 6) is 1.29. The molecular weight excluding hydrogens is 305 g/mol. The minimum Gasteiger partial charge on any atom is -0.493 e. The van der Waals surface area contributed by atoms with E-state index in [-0.39, 0.29) is 6.04 Å². The quantitative estimate of drug-likeness (QED) is 0.893. The van der Waals surface area contributed by atoms with Crippen LogP contribution in [0.25, 0.3) is 0 Å². The smallest absolute Gasteiger partial charge is 0.156 e. The van der Waals surface area contributed by atoms with Crippen LogP contribution < -0.4 is 15.2 Å². The molecule has 5 heteroatoms. The van der Waals surface area contributed by atoms with E-state index in [0.29, 0.717) is 29.7 Å². The molecule has 1 aromatic rings. The molecule has 0 radical (unpaired) electrons. The molecule has 0 saturated heterocycles. The second-order valence-electron chi connectivity index (χ2n) is 3.58. The zero-order valence-corrected chi connectivity index (χ0v) is 12.6. The molecule has 96 valence electrons. The third-order valence-electron chi connectivity index (χ3n) is 2.23. The van der Waals surface area contributed by atoms with E-state index >= 15 is 0 Å². The molecule has 0 heterocycles. The van der Waals surface area contributed by atoms with E-state index in [2.05, 4.69) is 15.9 Å². The van der Waals surface area contributed by atoms with E-state index in [1.54, 1.807) is 0 Å².